The van der Waals surface area contributed by atoms with E-state index in [0.717, 1.165) is 22.3 Å². The Bertz CT molecular complexity index is 1380. The van der Waals surface area contributed by atoms with Crippen molar-refractivity contribution in [2.75, 3.05) is 5.32 Å². The summed E-state index contributed by atoms with van der Waals surface area (Å²) in [5.41, 5.74) is 6.15. The molecule has 5 rings (SSSR count). The van der Waals surface area contributed by atoms with E-state index in [4.69, 9.17) is 16.0 Å². The number of carbonyl (C=O) groups excluding carboxylic acids is 1. The van der Waals surface area contributed by atoms with Gasteiger partial charge in [0, 0.05) is 34.6 Å². The second-order valence-corrected chi connectivity index (χ2v) is 8.51. The lowest BCUT2D eigenvalue weighted by molar-refractivity contribution is 0.101. The van der Waals surface area contributed by atoms with Crippen molar-refractivity contribution >= 4 is 45.1 Å². The number of hydrogen-bond acceptors (Lipinski definition) is 4. The van der Waals surface area contributed by atoms with Crippen molar-refractivity contribution in [2.24, 2.45) is 0 Å². The highest BCUT2D eigenvalue weighted by Gasteiger charge is 2.19. The number of nitrogens with one attached hydrogen (secondary N) is 1. The zero-order valence-electron chi connectivity index (χ0n) is 16.6. The molecule has 31 heavy (non-hydrogen) atoms. The summed E-state index contributed by atoms with van der Waals surface area (Å²) in [4.78, 5) is 17.7. The number of nitrogens with zero attached hydrogens (tertiary/aromatic N) is 2. The second-order valence-electron chi connectivity index (χ2n) is 7.21. The molecule has 0 bridgehead atoms. The number of amides is 1. The second kappa shape index (κ2) is 8.06. The van der Waals surface area contributed by atoms with Crippen LogP contribution in [0.4, 0.5) is 5.13 Å². The number of furan rings is 1. The van der Waals surface area contributed by atoms with Crippen LogP contribution >= 0.6 is 22.9 Å². The van der Waals surface area contributed by atoms with Crippen LogP contribution in [0.1, 0.15) is 21.6 Å². The highest BCUT2D eigenvalue weighted by molar-refractivity contribution is 7.14. The third-order valence-corrected chi connectivity index (χ3v) is 6.22. The number of carbonyl (C=O) groups is 1. The van der Waals surface area contributed by atoms with Crippen molar-refractivity contribution in [2.45, 2.75) is 13.5 Å². The zero-order valence-corrected chi connectivity index (χ0v) is 18.2. The van der Waals surface area contributed by atoms with E-state index in [9.17, 15) is 4.79 Å². The highest BCUT2D eigenvalue weighted by atomic mass is 35.5. The van der Waals surface area contributed by atoms with Gasteiger partial charge in [-0.1, -0.05) is 48.0 Å². The Hall–Kier alpha value is -3.35. The zero-order chi connectivity index (χ0) is 21.4. The van der Waals surface area contributed by atoms with Crippen LogP contribution in [-0.2, 0) is 6.54 Å². The van der Waals surface area contributed by atoms with E-state index in [0.29, 0.717) is 28.0 Å². The molecule has 0 fully saturated rings. The van der Waals surface area contributed by atoms with Gasteiger partial charge in [-0.15, -0.1) is 11.3 Å². The minimum Gasteiger partial charge on any atom is -0.463 e. The fourth-order valence-electron chi connectivity index (χ4n) is 3.54. The number of halogens is 1. The van der Waals surface area contributed by atoms with Crippen LogP contribution in [0.15, 0.2) is 76.7 Å². The Morgan fingerprint density at radius 1 is 1.16 bits per heavy atom. The third kappa shape index (κ3) is 3.87. The van der Waals surface area contributed by atoms with Crippen LogP contribution in [0, 0.1) is 6.92 Å². The van der Waals surface area contributed by atoms with Gasteiger partial charge in [-0.25, -0.2) is 4.98 Å². The average Bonchev–Trinajstić information content (AvgIpc) is 3.48. The van der Waals surface area contributed by atoms with Gasteiger partial charge in [0.25, 0.3) is 5.91 Å². The Kier molecular flexibility index (Phi) is 5.10. The molecule has 1 amide bonds. The summed E-state index contributed by atoms with van der Waals surface area (Å²) in [6, 6.07) is 19.3. The quantitative estimate of drug-likeness (QED) is 0.329. The largest absolute Gasteiger partial charge is 0.463 e. The summed E-state index contributed by atoms with van der Waals surface area (Å²) < 4.78 is 7.53. The van der Waals surface area contributed by atoms with Crippen LogP contribution in [-0.4, -0.2) is 15.5 Å². The van der Waals surface area contributed by atoms with E-state index in [2.05, 4.69) is 29.4 Å². The molecule has 0 atom stereocenters. The summed E-state index contributed by atoms with van der Waals surface area (Å²) in [7, 11) is 0. The van der Waals surface area contributed by atoms with Gasteiger partial charge in [-0.05, 0) is 30.2 Å². The lowest BCUT2D eigenvalue weighted by Gasteiger charge is -2.11. The van der Waals surface area contributed by atoms with Gasteiger partial charge in [0.2, 0.25) is 0 Å². The first-order valence-electron chi connectivity index (χ1n) is 9.72. The lowest BCUT2D eigenvalue weighted by Crippen LogP contribution is -2.17. The molecule has 0 aliphatic heterocycles. The molecule has 0 aliphatic carbocycles. The summed E-state index contributed by atoms with van der Waals surface area (Å²) in [5, 5.41) is 6.05. The number of aryl methyl sites for hydroxylation is 1. The number of benzene rings is 2. The van der Waals surface area contributed by atoms with Gasteiger partial charge >= 0.3 is 0 Å². The molecule has 0 radical (unpaired) electrons. The maximum Gasteiger partial charge on any atom is 0.274 e. The van der Waals surface area contributed by atoms with Gasteiger partial charge < -0.3 is 8.98 Å². The van der Waals surface area contributed by atoms with Crippen LogP contribution in [0.5, 0.6) is 0 Å². The molecule has 3 aromatic heterocycles. The maximum absolute atomic E-state index is 13.1. The minimum atomic E-state index is -0.225. The van der Waals surface area contributed by atoms with Crippen molar-refractivity contribution in [3.05, 3.63) is 94.2 Å². The predicted molar refractivity (Wildman–Crippen MR) is 125 cm³/mol. The monoisotopic (exact) mass is 447 g/mol. The summed E-state index contributed by atoms with van der Waals surface area (Å²) in [6.07, 6.45) is 1.64. The Balaban J connectivity index is 1.43. The molecule has 1 N–H and O–H groups in total. The minimum absolute atomic E-state index is 0.225. The highest BCUT2D eigenvalue weighted by Crippen LogP contribution is 2.28. The number of aromatic nitrogens is 2. The molecular formula is C24H18ClN3O2S. The van der Waals surface area contributed by atoms with Gasteiger partial charge in [-0.3, -0.25) is 10.1 Å². The first-order chi connectivity index (χ1) is 15.1. The molecule has 0 spiro atoms. The summed E-state index contributed by atoms with van der Waals surface area (Å²) in [6.45, 7) is 2.64. The molecule has 2 aromatic carbocycles. The maximum atomic E-state index is 13.1. The summed E-state index contributed by atoms with van der Waals surface area (Å²) >= 11 is 7.35. The fraction of sp³-hybridized carbons (Fsp3) is 0.0833. The number of fused-ring (bicyclic) bond motifs is 1. The predicted octanol–water partition coefficient (Wildman–Crippen LogP) is 6.62. The van der Waals surface area contributed by atoms with Crippen molar-refractivity contribution in [3.63, 3.8) is 0 Å². The molecule has 5 aromatic rings. The Morgan fingerprint density at radius 2 is 1.97 bits per heavy atom. The van der Waals surface area contributed by atoms with Crippen molar-refractivity contribution < 1.29 is 9.21 Å². The van der Waals surface area contributed by atoms with Gasteiger partial charge in [0.05, 0.1) is 17.5 Å². The smallest absolute Gasteiger partial charge is 0.274 e. The molecule has 3 heterocycles. The Morgan fingerprint density at radius 3 is 2.77 bits per heavy atom. The summed E-state index contributed by atoms with van der Waals surface area (Å²) in [5.74, 6) is -0.225. The fourth-order valence-corrected chi connectivity index (χ4v) is 4.38. The van der Waals surface area contributed by atoms with E-state index in [-0.39, 0.29) is 5.91 Å². The molecule has 0 aliphatic rings. The van der Waals surface area contributed by atoms with E-state index < -0.39 is 0 Å². The van der Waals surface area contributed by atoms with Crippen molar-refractivity contribution in [1.82, 2.24) is 9.55 Å². The van der Waals surface area contributed by atoms with Gasteiger partial charge in [0.1, 0.15) is 5.69 Å². The first-order valence-corrected chi connectivity index (χ1v) is 11.0. The van der Waals surface area contributed by atoms with Crippen molar-refractivity contribution in [3.8, 4) is 11.3 Å². The van der Waals surface area contributed by atoms with Gasteiger partial charge in [-0.2, -0.15) is 0 Å². The number of hydrogen-bond donors (Lipinski definition) is 1. The van der Waals surface area contributed by atoms with E-state index in [1.807, 2.05) is 52.4 Å². The topological polar surface area (TPSA) is 60.1 Å². The first kappa shape index (κ1) is 19.6. The standard InChI is InChI=1S/C24H18ClN3O2S/c1-15-4-2-3-5-17(15)13-28-20-10-11-30-22(20)12-21(28)23(29)27-24-26-19(14-31-24)16-6-8-18(25)9-7-16/h2-12,14H,13H2,1H3,(H,26,27,29). The van der Waals surface area contributed by atoms with Crippen molar-refractivity contribution in [1.29, 1.82) is 0 Å². The van der Waals surface area contributed by atoms with E-state index in [1.165, 1.54) is 16.9 Å². The molecule has 5 nitrogen and oxygen atoms in total. The Labute approximate surface area is 187 Å². The van der Waals surface area contributed by atoms with Crippen LogP contribution < -0.4 is 5.32 Å². The van der Waals surface area contributed by atoms with E-state index >= 15 is 0 Å². The van der Waals surface area contributed by atoms with Crippen LogP contribution in [0.3, 0.4) is 0 Å². The lowest BCUT2D eigenvalue weighted by atomic mass is 10.1. The van der Waals surface area contributed by atoms with Crippen LogP contribution in [0.25, 0.3) is 22.4 Å². The number of thiazole rings is 1. The average molecular weight is 448 g/mol. The SMILES string of the molecule is Cc1ccccc1Cn1c(C(=O)Nc2nc(-c3ccc(Cl)cc3)cs2)cc2occc21. The molecule has 154 valence electrons. The van der Waals surface area contributed by atoms with E-state index in [1.54, 1.807) is 12.3 Å². The number of rotatable bonds is 5. The molecule has 0 unspecified atom stereocenters. The molecule has 7 heteroatoms. The van der Waals surface area contributed by atoms with Gasteiger partial charge in [0.15, 0.2) is 10.7 Å². The molecule has 0 saturated carbocycles. The third-order valence-electron chi connectivity index (χ3n) is 5.21. The molecular weight excluding hydrogens is 430 g/mol. The molecule has 0 saturated heterocycles. The normalized spacial score (nSPS) is 11.2. The van der Waals surface area contributed by atoms with Crippen LogP contribution in [0.2, 0.25) is 5.02 Å². The number of anilines is 1.